The zero-order valence-corrected chi connectivity index (χ0v) is 9.88. The van der Waals surface area contributed by atoms with E-state index in [0.717, 1.165) is 0 Å². The van der Waals surface area contributed by atoms with Crippen LogP contribution in [0.1, 0.15) is 10.4 Å². The van der Waals surface area contributed by atoms with E-state index in [0.29, 0.717) is 17.0 Å². The number of methoxy groups -OCH3 is 1. The Morgan fingerprint density at radius 2 is 1.78 bits per heavy atom. The third-order valence-electron chi connectivity index (χ3n) is 2.50. The van der Waals surface area contributed by atoms with E-state index in [1.165, 1.54) is 6.07 Å². The maximum atomic E-state index is 11.9. The Morgan fingerprint density at radius 1 is 1.11 bits per heavy atom. The molecular formula is C14H13NO3. The first-order chi connectivity index (χ1) is 8.70. The van der Waals surface area contributed by atoms with Crippen molar-refractivity contribution >= 4 is 11.6 Å². The fourth-order valence-corrected chi connectivity index (χ4v) is 1.52. The van der Waals surface area contributed by atoms with E-state index < -0.39 is 0 Å². The SMILES string of the molecule is COc1ccc(C(=O)Nc2ccccc2O)cc1. The molecule has 0 unspecified atom stereocenters. The molecule has 0 radical (unpaired) electrons. The Labute approximate surface area is 105 Å². The second-order valence-corrected chi connectivity index (χ2v) is 3.70. The minimum Gasteiger partial charge on any atom is -0.506 e. The lowest BCUT2D eigenvalue weighted by molar-refractivity contribution is 0.102. The standard InChI is InChI=1S/C14H13NO3/c1-18-11-8-6-10(7-9-11)14(17)15-12-4-2-3-5-13(12)16/h2-9,16H,1H3,(H,15,17). The number of phenols is 1. The van der Waals surface area contributed by atoms with Crippen molar-refractivity contribution in [3.05, 3.63) is 54.1 Å². The van der Waals surface area contributed by atoms with Gasteiger partial charge >= 0.3 is 0 Å². The van der Waals surface area contributed by atoms with Crippen LogP contribution in [0.15, 0.2) is 48.5 Å². The van der Waals surface area contributed by atoms with Gasteiger partial charge in [-0.3, -0.25) is 4.79 Å². The van der Waals surface area contributed by atoms with Gasteiger partial charge in [-0.1, -0.05) is 12.1 Å². The smallest absolute Gasteiger partial charge is 0.255 e. The average Bonchev–Trinajstić information content (AvgIpc) is 2.41. The number of amides is 1. The number of para-hydroxylation sites is 2. The lowest BCUT2D eigenvalue weighted by Crippen LogP contribution is -2.11. The minimum atomic E-state index is -0.279. The summed E-state index contributed by atoms with van der Waals surface area (Å²) in [7, 11) is 1.57. The Hall–Kier alpha value is -2.49. The monoisotopic (exact) mass is 243 g/mol. The lowest BCUT2D eigenvalue weighted by atomic mass is 10.2. The number of ether oxygens (including phenoxy) is 1. The number of hydrogen-bond acceptors (Lipinski definition) is 3. The molecule has 0 bridgehead atoms. The summed E-state index contributed by atoms with van der Waals surface area (Å²) in [4.78, 5) is 11.9. The molecule has 2 aromatic carbocycles. The molecule has 0 heterocycles. The lowest BCUT2D eigenvalue weighted by Gasteiger charge is -2.07. The number of carbonyl (C=O) groups excluding carboxylic acids is 1. The topological polar surface area (TPSA) is 58.6 Å². The van der Waals surface area contributed by atoms with Gasteiger partial charge in [-0.05, 0) is 36.4 Å². The molecule has 2 N–H and O–H groups in total. The summed E-state index contributed by atoms with van der Waals surface area (Å²) in [5, 5.41) is 12.2. The number of carbonyl (C=O) groups is 1. The predicted octanol–water partition coefficient (Wildman–Crippen LogP) is 2.65. The van der Waals surface area contributed by atoms with Crippen molar-refractivity contribution in [1.29, 1.82) is 0 Å². The fourth-order valence-electron chi connectivity index (χ4n) is 1.52. The molecule has 0 saturated heterocycles. The summed E-state index contributed by atoms with van der Waals surface area (Å²) >= 11 is 0. The average molecular weight is 243 g/mol. The fraction of sp³-hybridized carbons (Fsp3) is 0.0714. The molecule has 0 fully saturated rings. The molecule has 0 aliphatic carbocycles. The number of aromatic hydroxyl groups is 1. The molecule has 18 heavy (non-hydrogen) atoms. The molecule has 4 heteroatoms. The number of hydrogen-bond donors (Lipinski definition) is 2. The molecule has 0 aliphatic heterocycles. The summed E-state index contributed by atoms with van der Waals surface area (Å²) in [6.45, 7) is 0. The van der Waals surface area contributed by atoms with E-state index in [1.54, 1.807) is 49.6 Å². The van der Waals surface area contributed by atoms with Crippen LogP contribution in [0, 0.1) is 0 Å². The second kappa shape index (κ2) is 5.23. The first kappa shape index (κ1) is 12.0. The molecule has 0 aromatic heterocycles. The molecule has 1 amide bonds. The molecule has 4 nitrogen and oxygen atoms in total. The van der Waals surface area contributed by atoms with Gasteiger partial charge < -0.3 is 15.2 Å². The second-order valence-electron chi connectivity index (χ2n) is 3.70. The number of phenolic OH excluding ortho intramolecular Hbond substituents is 1. The highest BCUT2D eigenvalue weighted by atomic mass is 16.5. The molecular weight excluding hydrogens is 230 g/mol. The number of anilines is 1. The molecule has 2 rings (SSSR count). The zero-order chi connectivity index (χ0) is 13.0. The summed E-state index contributed by atoms with van der Waals surface area (Å²) in [5.74, 6) is 0.452. The third kappa shape index (κ3) is 2.60. The van der Waals surface area contributed by atoms with Gasteiger partial charge in [0.1, 0.15) is 11.5 Å². The van der Waals surface area contributed by atoms with Gasteiger partial charge in [0, 0.05) is 5.56 Å². The first-order valence-electron chi connectivity index (χ1n) is 5.44. The molecule has 0 spiro atoms. The van der Waals surface area contributed by atoms with Crippen LogP contribution in [-0.2, 0) is 0 Å². The van der Waals surface area contributed by atoms with Crippen molar-refractivity contribution in [2.24, 2.45) is 0 Å². The van der Waals surface area contributed by atoms with Crippen LogP contribution in [0.25, 0.3) is 0 Å². The summed E-state index contributed by atoms with van der Waals surface area (Å²) < 4.78 is 5.01. The van der Waals surface area contributed by atoms with Gasteiger partial charge in [-0.2, -0.15) is 0 Å². The van der Waals surface area contributed by atoms with Gasteiger partial charge in [-0.15, -0.1) is 0 Å². The molecule has 2 aromatic rings. The van der Waals surface area contributed by atoms with Gasteiger partial charge in [0.2, 0.25) is 0 Å². The quantitative estimate of drug-likeness (QED) is 0.815. The number of benzene rings is 2. The number of nitrogens with one attached hydrogen (secondary N) is 1. The molecule has 0 aliphatic rings. The van der Waals surface area contributed by atoms with Crippen molar-refractivity contribution in [2.75, 3.05) is 12.4 Å². The number of rotatable bonds is 3. The van der Waals surface area contributed by atoms with Crippen molar-refractivity contribution in [3.63, 3.8) is 0 Å². The van der Waals surface area contributed by atoms with Crippen LogP contribution in [-0.4, -0.2) is 18.1 Å². The van der Waals surface area contributed by atoms with Crippen LogP contribution < -0.4 is 10.1 Å². The molecule has 0 saturated carbocycles. The van der Waals surface area contributed by atoms with Crippen LogP contribution >= 0.6 is 0 Å². The Bertz CT molecular complexity index is 549. The van der Waals surface area contributed by atoms with Crippen molar-refractivity contribution in [1.82, 2.24) is 0 Å². The maximum absolute atomic E-state index is 11.9. The van der Waals surface area contributed by atoms with Gasteiger partial charge in [0.25, 0.3) is 5.91 Å². The van der Waals surface area contributed by atoms with Crippen LogP contribution in [0.4, 0.5) is 5.69 Å². The van der Waals surface area contributed by atoms with Crippen LogP contribution in [0.3, 0.4) is 0 Å². The summed E-state index contributed by atoms with van der Waals surface area (Å²) in [6, 6.07) is 13.3. The predicted molar refractivity (Wildman–Crippen MR) is 69.1 cm³/mol. The Balaban J connectivity index is 2.14. The van der Waals surface area contributed by atoms with Crippen molar-refractivity contribution in [3.8, 4) is 11.5 Å². The van der Waals surface area contributed by atoms with E-state index in [9.17, 15) is 9.90 Å². The summed E-state index contributed by atoms with van der Waals surface area (Å²) in [5.41, 5.74) is 0.886. The normalized spacial score (nSPS) is 9.83. The molecule has 0 atom stereocenters. The van der Waals surface area contributed by atoms with Crippen LogP contribution in [0.5, 0.6) is 11.5 Å². The summed E-state index contributed by atoms with van der Waals surface area (Å²) in [6.07, 6.45) is 0. The maximum Gasteiger partial charge on any atom is 0.255 e. The van der Waals surface area contributed by atoms with E-state index in [2.05, 4.69) is 5.32 Å². The van der Waals surface area contributed by atoms with E-state index in [1.807, 2.05) is 0 Å². The Morgan fingerprint density at radius 3 is 2.39 bits per heavy atom. The Kier molecular flexibility index (Phi) is 3.48. The molecule has 92 valence electrons. The largest absolute Gasteiger partial charge is 0.506 e. The zero-order valence-electron chi connectivity index (χ0n) is 9.88. The van der Waals surface area contributed by atoms with Gasteiger partial charge in [0.05, 0.1) is 12.8 Å². The first-order valence-corrected chi connectivity index (χ1v) is 5.44. The van der Waals surface area contributed by atoms with Crippen molar-refractivity contribution in [2.45, 2.75) is 0 Å². The van der Waals surface area contributed by atoms with E-state index in [4.69, 9.17) is 4.74 Å². The van der Waals surface area contributed by atoms with Crippen LogP contribution in [0.2, 0.25) is 0 Å². The third-order valence-corrected chi connectivity index (χ3v) is 2.50. The highest BCUT2D eigenvalue weighted by Gasteiger charge is 2.08. The van der Waals surface area contributed by atoms with E-state index >= 15 is 0 Å². The highest BCUT2D eigenvalue weighted by molar-refractivity contribution is 6.05. The van der Waals surface area contributed by atoms with E-state index in [-0.39, 0.29) is 11.7 Å². The minimum absolute atomic E-state index is 0.0411. The van der Waals surface area contributed by atoms with Gasteiger partial charge in [0.15, 0.2) is 0 Å². The van der Waals surface area contributed by atoms with Crippen molar-refractivity contribution < 1.29 is 14.6 Å². The highest BCUT2D eigenvalue weighted by Crippen LogP contribution is 2.22. The van der Waals surface area contributed by atoms with Gasteiger partial charge in [-0.25, -0.2) is 0 Å².